The molecule has 116 valence electrons. The van der Waals surface area contributed by atoms with E-state index >= 15 is 0 Å². The summed E-state index contributed by atoms with van der Waals surface area (Å²) in [5, 5.41) is 3.42. The number of aromatic nitrogens is 2. The first-order valence-electron chi connectivity index (χ1n) is 7.53. The highest BCUT2D eigenvalue weighted by Gasteiger charge is 2.23. The average molecular weight is 316 g/mol. The summed E-state index contributed by atoms with van der Waals surface area (Å²) in [6.45, 7) is 4.63. The van der Waals surface area contributed by atoms with Gasteiger partial charge in [0.2, 0.25) is 5.91 Å². The lowest BCUT2D eigenvalue weighted by atomic mass is 10.0. The number of anilines is 1. The summed E-state index contributed by atoms with van der Waals surface area (Å²) in [6, 6.07) is 6.11. The number of thiazole rings is 1. The molecule has 1 atom stereocenters. The summed E-state index contributed by atoms with van der Waals surface area (Å²) in [4.78, 5) is 23.3. The van der Waals surface area contributed by atoms with E-state index in [0.29, 0.717) is 11.0 Å². The predicted molar refractivity (Wildman–Crippen MR) is 87.7 cm³/mol. The zero-order valence-electron chi connectivity index (χ0n) is 12.7. The Morgan fingerprint density at radius 2 is 2.36 bits per heavy atom. The third-order valence-electron chi connectivity index (χ3n) is 3.81. The highest BCUT2D eigenvalue weighted by atomic mass is 32.1. The van der Waals surface area contributed by atoms with Crippen LogP contribution in [0.15, 0.2) is 30.6 Å². The van der Waals surface area contributed by atoms with Crippen molar-refractivity contribution in [2.45, 2.75) is 26.3 Å². The molecule has 1 fully saturated rings. The summed E-state index contributed by atoms with van der Waals surface area (Å²) in [7, 11) is 0. The molecule has 1 aliphatic heterocycles. The highest BCUT2D eigenvalue weighted by Crippen LogP contribution is 2.25. The highest BCUT2D eigenvalue weighted by molar-refractivity contribution is 7.15. The summed E-state index contributed by atoms with van der Waals surface area (Å²) < 4.78 is 0. The molecule has 6 heteroatoms. The maximum atomic E-state index is 11.0. The first kappa shape index (κ1) is 15.1. The molecular weight excluding hydrogens is 296 g/mol. The number of nitrogens with one attached hydrogen (secondary N) is 1. The van der Waals surface area contributed by atoms with Gasteiger partial charge in [-0.25, -0.2) is 4.98 Å². The van der Waals surface area contributed by atoms with Crippen molar-refractivity contribution in [2.24, 2.45) is 5.92 Å². The van der Waals surface area contributed by atoms with E-state index in [1.165, 1.54) is 23.9 Å². The van der Waals surface area contributed by atoms with Crippen molar-refractivity contribution in [3.63, 3.8) is 0 Å². The number of carbonyl (C=O) groups is 1. The van der Waals surface area contributed by atoms with Gasteiger partial charge in [-0.1, -0.05) is 6.07 Å². The average Bonchev–Trinajstić information content (AvgIpc) is 3.10. The Kier molecular flexibility index (Phi) is 4.80. The van der Waals surface area contributed by atoms with Gasteiger partial charge >= 0.3 is 0 Å². The smallest absolute Gasteiger partial charge is 0.223 e. The normalized spacial score (nSPS) is 18.5. The SMILES string of the molecule is CC(=O)Nc1ncc(CN2CC[C@@H](Cc3ccccn3)C2)s1. The monoisotopic (exact) mass is 316 g/mol. The molecule has 22 heavy (non-hydrogen) atoms. The maximum absolute atomic E-state index is 11.0. The molecule has 0 aliphatic carbocycles. The summed E-state index contributed by atoms with van der Waals surface area (Å²) in [5.41, 5.74) is 1.18. The van der Waals surface area contributed by atoms with E-state index < -0.39 is 0 Å². The van der Waals surface area contributed by atoms with Crippen molar-refractivity contribution >= 4 is 22.4 Å². The number of pyridine rings is 1. The number of nitrogens with zero attached hydrogens (tertiary/aromatic N) is 3. The largest absolute Gasteiger partial charge is 0.302 e. The van der Waals surface area contributed by atoms with Crippen LogP contribution < -0.4 is 5.32 Å². The lowest BCUT2D eigenvalue weighted by Gasteiger charge is -2.14. The Hall–Kier alpha value is -1.79. The molecule has 1 N–H and O–H groups in total. The van der Waals surface area contributed by atoms with Crippen LogP contribution in [0.5, 0.6) is 0 Å². The Labute approximate surface area is 134 Å². The van der Waals surface area contributed by atoms with Crippen LogP contribution in [0.25, 0.3) is 0 Å². The van der Waals surface area contributed by atoms with Crippen molar-refractivity contribution in [3.8, 4) is 0 Å². The van der Waals surface area contributed by atoms with Gasteiger partial charge in [-0.3, -0.25) is 14.7 Å². The van der Waals surface area contributed by atoms with E-state index in [9.17, 15) is 4.79 Å². The van der Waals surface area contributed by atoms with Gasteiger partial charge in [0, 0.05) is 43.0 Å². The molecule has 2 aromatic heterocycles. The molecule has 3 heterocycles. The first-order chi connectivity index (χ1) is 10.7. The topological polar surface area (TPSA) is 58.1 Å². The molecule has 3 rings (SSSR count). The quantitative estimate of drug-likeness (QED) is 0.921. The Morgan fingerprint density at radius 3 is 3.14 bits per heavy atom. The van der Waals surface area contributed by atoms with E-state index in [-0.39, 0.29) is 5.91 Å². The van der Waals surface area contributed by atoms with Gasteiger partial charge in [0.15, 0.2) is 5.13 Å². The second-order valence-corrected chi connectivity index (χ2v) is 6.84. The van der Waals surface area contributed by atoms with Crippen LogP contribution >= 0.6 is 11.3 Å². The van der Waals surface area contributed by atoms with Crippen LogP contribution in [0.3, 0.4) is 0 Å². The standard InChI is InChI=1S/C16H20N4OS/c1-12(21)19-16-18-9-15(22-16)11-20-7-5-13(10-20)8-14-4-2-3-6-17-14/h2-4,6,9,13H,5,7-8,10-11H2,1H3,(H,18,19,21)/t13-/m0/s1. The fraction of sp³-hybridized carbons (Fsp3) is 0.438. The van der Waals surface area contributed by atoms with Crippen molar-refractivity contribution in [2.75, 3.05) is 18.4 Å². The van der Waals surface area contributed by atoms with Crippen LogP contribution in [0.1, 0.15) is 23.9 Å². The van der Waals surface area contributed by atoms with Gasteiger partial charge in [0.1, 0.15) is 0 Å². The van der Waals surface area contributed by atoms with E-state index in [0.717, 1.165) is 26.1 Å². The molecular formula is C16H20N4OS. The number of hydrogen-bond acceptors (Lipinski definition) is 5. The fourth-order valence-electron chi connectivity index (χ4n) is 2.85. The molecule has 0 saturated carbocycles. The fourth-order valence-corrected chi connectivity index (χ4v) is 3.75. The zero-order chi connectivity index (χ0) is 15.4. The summed E-state index contributed by atoms with van der Waals surface area (Å²) in [5.74, 6) is 0.607. The molecule has 0 spiro atoms. The van der Waals surface area contributed by atoms with E-state index in [1.54, 1.807) is 11.3 Å². The third kappa shape index (κ3) is 4.11. The van der Waals surface area contributed by atoms with E-state index in [2.05, 4.69) is 32.3 Å². The maximum Gasteiger partial charge on any atom is 0.223 e. The Bertz CT molecular complexity index is 628. The number of rotatable bonds is 5. The minimum atomic E-state index is -0.0718. The van der Waals surface area contributed by atoms with Crippen LogP contribution in [0.2, 0.25) is 0 Å². The molecule has 1 saturated heterocycles. The molecule has 0 aromatic carbocycles. The van der Waals surface area contributed by atoms with Crippen LogP contribution in [-0.4, -0.2) is 33.9 Å². The predicted octanol–water partition coefficient (Wildman–Crippen LogP) is 2.56. The minimum Gasteiger partial charge on any atom is -0.302 e. The number of likely N-dealkylation sites (tertiary alicyclic amines) is 1. The molecule has 2 aromatic rings. The minimum absolute atomic E-state index is 0.0718. The molecule has 1 amide bonds. The first-order valence-corrected chi connectivity index (χ1v) is 8.35. The molecule has 0 radical (unpaired) electrons. The van der Waals surface area contributed by atoms with Crippen molar-refractivity contribution < 1.29 is 4.79 Å². The van der Waals surface area contributed by atoms with Crippen LogP contribution in [0.4, 0.5) is 5.13 Å². The van der Waals surface area contributed by atoms with Gasteiger partial charge in [0.05, 0.1) is 0 Å². The molecule has 0 bridgehead atoms. The van der Waals surface area contributed by atoms with Crippen molar-refractivity contribution in [1.82, 2.24) is 14.9 Å². The molecule has 1 aliphatic rings. The molecule has 0 unspecified atom stereocenters. The van der Waals surface area contributed by atoms with Gasteiger partial charge in [-0.05, 0) is 37.4 Å². The second kappa shape index (κ2) is 6.98. The van der Waals surface area contributed by atoms with Gasteiger partial charge < -0.3 is 5.32 Å². The van der Waals surface area contributed by atoms with Crippen molar-refractivity contribution in [3.05, 3.63) is 41.2 Å². The lowest BCUT2D eigenvalue weighted by molar-refractivity contribution is -0.114. The number of carbonyl (C=O) groups excluding carboxylic acids is 1. The zero-order valence-corrected chi connectivity index (χ0v) is 13.5. The Morgan fingerprint density at radius 1 is 1.45 bits per heavy atom. The Balaban J connectivity index is 1.50. The van der Waals surface area contributed by atoms with Crippen LogP contribution in [-0.2, 0) is 17.8 Å². The van der Waals surface area contributed by atoms with Gasteiger partial charge in [0.25, 0.3) is 0 Å². The third-order valence-corrected chi connectivity index (χ3v) is 4.71. The van der Waals surface area contributed by atoms with E-state index in [4.69, 9.17) is 0 Å². The van der Waals surface area contributed by atoms with E-state index in [1.807, 2.05) is 18.5 Å². The molecule has 5 nitrogen and oxygen atoms in total. The van der Waals surface area contributed by atoms with Gasteiger partial charge in [-0.15, -0.1) is 11.3 Å². The van der Waals surface area contributed by atoms with Crippen LogP contribution in [0, 0.1) is 5.92 Å². The summed E-state index contributed by atoms with van der Waals surface area (Å²) >= 11 is 1.56. The van der Waals surface area contributed by atoms with Gasteiger partial charge in [-0.2, -0.15) is 0 Å². The second-order valence-electron chi connectivity index (χ2n) is 5.73. The van der Waals surface area contributed by atoms with Crippen molar-refractivity contribution in [1.29, 1.82) is 0 Å². The number of hydrogen-bond donors (Lipinski definition) is 1. The number of amides is 1. The lowest BCUT2D eigenvalue weighted by Crippen LogP contribution is -2.20. The summed E-state index contributed by atoms with van der Waals surface area (Å²) in [6.07, 6.45) is 6.00.